The van der Waals surface area contributed by atoms with Crippen LogP contribution in [0.4, 0.5) is 0 Å². The van der Waals surface area contributed by atoms with Gasteiger partial charge in [0.25, 0.3) is 0 Å². The zero-order chi connectivity index (χ0) is 6.57. The van der Waals surface area contributed by atoms with E-state index in [1.165, 1.54) is 6.92 Å². The van der Waals surface area contributed by atoms with Crippen molar-refractivity contribution < 1.29 is 27.2 Å². The monoisotopic (exact) mass is 206 g/mol. The van der Waals surface area contributed by atoms with E-state index in [9.17, 15) is 4.79 Å². The second-order valence-electron chi connectivity index (χ2n) is 1.51. The predicted octanol–water partition coefficient (Wildman–Crippen LogP) is 0.501. The standard InChI is InChI=1S/C6H11NO.Nb/c1-4-7(5-2)6(3)8;/h1-2,4-5H2,3H3;/q-2;+2. The van der Waals surface area contributed by atoms with Crippen molar-refractivity contribution >= 4 is 5.91 Å². The summed E-state index contributed by atoms with van der Waals surface area (Å²) in [4.78, 5) is 12.0. The molecule has 0 aromatic carbocycles. The van der Waals surface area contributed by atoms with E-state index < -0.39 is 0 Å². The number of amides is 1. The van der Waals surface area contributed by atoms with Crippen molar-refractivity contribution in [3.05, 3.63) is 13.8 Å². The summed E-state index contributed by atoms with van der Waals surface area (Å²) in [6, 6.07) is 0. The minimum absolute atomic E-state index is 0. The average molecular weight is 206 g/mol. The first kappa shape index (κ1) is 11.9. The first-order chi connectivity index (χ1) is 3.72. The van der Waals surface area contributed by atoms with Gasteiger partial charge >= 0.3 is 22.4 Å². The van der Waals surface area contributed by atoms with E-state index in [1.807, 2.05) is 0 Å². The van der Waals surface area contributed by atoms with Gasteiger partial charge in [-0.05, 0) is 0 Å². The third-order valence-electron chi connectivity index (χ3n) is 0.985. The Balaban J connectivity index is 0. The molecule has 0 atom stereocenters. The Kier molecular flexibility index (Phi) is 8.40. The summed E-state index contributed by atoms with van der Waals surface area (Å²) >= 11 is 0. The Morgan fingerprint density at radius 2 is 1.78 bits per heavy atom. The summed E-state index contributed by atoms with van der Waals surface area (Å²) in [5.74, 6) is 0.0370. The molecular formula is C6H11NNbO. The van der Waals surface area contributed by atoms with Crippen molar-refractivity contribution in [2.45, 2.75) is 6.92 Å². The fourth-order valence-electron chi connectivity index (χ4n) is 0.427. The summed E-state index contributed by atoms with van der Waals surface area (Å²) in [5, 5.41) is 0. The summed E-state index contributed by atoms with van der Waals surface area (Å²) < 4.78 is 0. The number of hydrogen-bond acceptors (Lipinski definition) is 1. The molecule has 51 valence electrons. The predicted molar refractivity (Wildman–Crippen MR) is 33.0 cm³/mol. The van der Waals surface area contributed by atoms with Crippen LogP contribution in [0.25, 0.3) is 0 Å². The van der Waals surface area contributed by atoms with Crippen LogP contribution in [0.5, 0.6) is 0 Å². The van der Waals surface area contributed by atoms with Crippen LogP contribution in [-0.2, 0) is 27.2 Å². The minimum atomic E-state index is 0. The molecule has 2 nitrogen and oxygen atoms in total. The maximum Gasteiger partial charge on any atom is 2.00 e. The maximum absolute atomic E-state index is 10.5. The molecule has 0 aliphatic heterocycles. The van der Waals surface area contributed by atoms with Crippen LogP contribution in [0.1, 0.15) is 6.92 Å². The van der Waals surface area contributed by atoms with Crippen molar-refractivity contribution in [3.8, 4) is 0 Å². The Morgan fingerprint density at radius 3 is 1.78 bits per heavy atom. The van der Waals surface area contributed by atoms with E-state index in [1.54, 1.807) is 4.90 Å². The number of carbonyl (C=O) groups excluding carboxylic acids is 1. The number of nitrogens with zero attached hydrogens (tertiary/aromatic N) is 1. The van der Waals surface area contributed by atoms with E-state index in [2.05, 4.69) is 13.8 Å². The van der Waals surface area contributed by atoms with Crippen LogP contribution >= 0.6 is 0 Å². The molecule has 0 spiro atoms. The Labute approximate surface area is 72.1 Å². The fraction of sp³-hybridized carbons (Fsp3) is 0.500. The first-order valence-electron chi connectivity index (χ1n) is 2.56. The third kappa shape index (κ3) is 4.70. The van der Waals surface area contributed by atoms with Gasteiger partial charge in [0.1, 0.15) is 0 Å². The molecule has 1 amide bonds. The molecule has 0 saturated heterocycles. The van der Waals surface area contributed by atoms with Crippen LogP contribution in [0.2, 0.25) is 0 Å². The molecule has 0 aliphatic carbocycles. The number of hydrogen-bond donors (Lipinski definition) is 0. The molecule has 9 heavy (non-hydrogen) atoms. The molecular weight excluding hydrogens is 195 g/mol. The van der Waals surface area contributed by atoms with E-state index >= 15 is 0 Å². The molecule has 0 bridgehead atoms. The van der Waals surface area contributed by atoms with Crippen molar-refractivity contribution in [2.24, 2.45) is 0 Å². The van der Waals surface area contributed by atoms with Gasteiger partial charge < -0.3 is 18.7 Å². The van der Waals surface area contributed by atoms with E-state index in [0.29, 0.717) is 13.1 Å². The molecule has 0 N–H and O–H groups in total. The van der Waals surface area contributed by atoms with Gasteiger partial charge in [-0.1, -0.05) is 0 Å². The molecule has 0 aromatic rings. The van der Waals surface area contributed by atoms with Gasteiger partial charge in [-0.15, -0.1) is 13.1 Å². The zero-order valence-electron chi connectivity index (χ0n) is 5.63. The maximum atomic E-state index is 10.5. The largest absolute Gasteiger partial charge is 2.00 e. The normalized spacial score (nSPS) is 7.89. The number of carbonyl (C=O) groups is 1. The second kappa shape index (κ2) is 6.33. The van der Waals surface area contributed by atoms with E-state index in [0.717, 1.165) is 0 Å². The summed E-state index contributed by atoms with van der Waals surface area (Å²) in [5.41, 5.74) is 0. The third-order valence-corrected chi connectivity index (χ3v) is 0.985. The number of rotatable bonds is 2. The Bertz CT molecular complexity index is 81.1. The van der Waals surface area contributed by atoms with Crippen molar-refractivity contribution in [3.63, 3.8) is 0 Å². The summed E-state index contributed by atoms with van der Waals surface area (Å²) in [7, 11) is 0. The van der Waals surface area contributed by atoms with Gasteiger partial charge in [0.15, 0.2) is 0 Å². The van der Waals surface area contributed by atoms with Gasteiger partial charge in [0, 0.05) is 6.92 Å². The molecule has 0 saturated carbocycles. The van der Waals surface area contributed by atoms with Gasteiger partial charge in [0.05, 0.1) is 0 Å². The molecule has 0 fully saturated rings. The van der Waals surface area contributed by atoms with Crippen LogP contribution in [0, 0.1) is 13.8 Å². The molecule has 0 heterocycles. The smallest absolute Gasteiger partial charge is 0.403 e. The van der Waals surface area contributed by atoms with E-state index in [4.69, 9.17) is 0 Å². The van der Waals surface area contributed by atoms with Gasteiger partial charge in [-0.3, -0.25) is 4.79 Å². The molecule has 0 aliphatic rings. The summed E-state index contributed by atoms with van der Waals surface area (Å²) in [6.07, 6.45) is 0. The van der Waals surface area contributed by atoms with Crippen molar-refractivity contribution in [1.29, 1.82) is 0 Å². The van der Waals surface area contributed by atoms with Crippen LogP contribution in [-0.4, -0.2) is 23.9 Å². The van der Waals surface area contributed by atoms with Crippen LogP contribution < -0.4 is 0 Å². The molecule has 1 radical (unpaired) electrons. The van der Waals surface area contributed by atoms with Gasteiger partial charge in [-0.2, -0.15) is 0 Å². The van der Waals surface area contributed by atoms with Crippen LogP contribution in [0.15, 0.2) is 0 Å². The van der Waals surface area contributed by atoms with Gasteiger partial charge in [0.2, 0.25) is 5.91 Å². The molecule has 0 aromatic heterocycles. The van der Waals surface area contributed by atoms with Crippen LogP contribution in [0.3, 0.4) is 0 Å². The average Bonchev–Trinajstić information content (AvgIpc) is 1.69. The first-order valence-corrected chi connectivity index (χ1v) is 2.56. The Hall–Kier alpha value is 0.210. The van der Waals surface area contributed by atoms with Crippen molar-refractivity contribution in [1.82, 2.24) is 4.90 Å². The topological polar surface area (TPSA) is 20.3 Å². The Morgan fingerprint density at radius 1 is 1.44 bits per heavy atom. The SMILES string of the molecule is [CH2-]CN(C[CH2-])C(C)=O.[Nb+2]. The quantitative estimate of drug-likeness (QED) is 0.476. The molecule has 0 unspecified atom stereocenters. The van der Waals surface area contributed by atoms with Crippen molar-refractivity contribution in [2.75, 3.05) is 13.1 Å². The summed E-state index contributed by atoms with van der Waals surface area (Å²) in [6.45, 7) is 9.62. The molecule has 3 heteroatoms. The van der Waals surface area contributed by atoms with Gasteiger partial charge in [-0.25, -0.2) is 0 Å². The molecule has 0 rings (SSSR count). The minimum Gasteiger partial charge on any atom is -0.403 e. The fourth-order valence-corrected chi connectivity index (χ4v) is 0.427. The zero-order valence-corrected chi connectivity index (χ0v) is 7.83. The second-order valence-corrected chi connectivity index (χ2v) is 1.51. The van der Waals surface area contributed by atoms with E-state index in [-0.39, 0.29) is 28.3 Å².